The second-order valence-corrected chi connectivity index (χ2v) is 2.19. The molecule has 0 heterocycles. The Balaban J connectivity index is 2.85. The van der Waals surface area contributed by atoms with Gasteiger partial charge in [-0.2, -0.15) is 0 Å². The van der Waals surface area contributed by atoms with Crippen LogP contribution in [0.4, 0.5) is 5.69 Å². The maximum atomic E-state index is 8.54. The number of rotatable bonds is 2. The maximum Gasteiger partial charge on any atom is 0.172 e. The number of oxime groups is 1. The number of benzene rings is 1. The van der Waals surface area contributed by atoms with Crippen LogP contribution in [-0.2, 0) is 0 Å². The van der Waals surface area contributed by atoms with E-state index in [9.17, 15) is 0 Å². The van der Waals surface area contributed by atoms with Crippen molar-refractivity contribution in [2.24, 2.45) is 10.1 Å². The summed E-state index contributed by atoms with van der Waals surface area (Å²) in [6.45, 7) is 0. The predicted octanol–water partition coefficient (Wildman–Crippen LogP) is 1.16. The molecule has 13 heavy (non-hydrogen) atoms. The minimum absolute atomic E-state index is 0.0636. The zero-order chi connectivity index (χ0) is 9.52. The van der Waals surface area contributed by atoms with E-state index in [4.69, 9.17) is 10.4 Å². The molecule has 1 aromatic carbocycles. The first-order chi connectivity index (χ1) is 6.36. The summed E-state index contributed by atoms with van der Waals surface area (Å²) < 4.78 is 0. The monoisotopic (exact) mass is 179 g/mol. The molecule has 0 spiro atoms. The normalized spacial score (nSPS) is 11.9. The van der Waals surface area contributed by atoms with Gasteiger partial charge in [0.05, 0.1) is 5.69 Å². The molecule has 0 atom stereocenters. The van der Waals surface area contributed by atoms with E-state index in [1.165, 1.54) is 0 Å². The third-order valence-corrected chi connectivity index (χ3v) is 1.30. The van der Waals surface area contributed by atoms with Crippen LogP contribution in [0.25, 0.3) is 0 Å². The lowest BCUT2D eigenvalue weighted by molar-refractivity contribution is 0.236. The van der Waals surface area contributed by atoms with Crippen LogP contribution in [0.1, 0.15) is 0 Å². The van der Waals surface area contributed by atoms with Crippen LogP contribution in [0.3, 0.4) is 0 Å². The van der Waals surface area contributed by atoms with Gasteiger partial charge in [-0.1, -0.05) is 23.4 Å². The highest BCUT2D eigenvalue weighted by atomic mass is 16.5. The maximum absolute atomic E-state index is 8.54. The van der Waals surface area contributed by atoms with Crippen LogP contribution < -0.4 is 5.48 Å². The lowest BCUT2D eigenvalue weighted by Crippen LogP contribution is -2.19. The van der Waals surface area contributed by atoms with Gasteiger partial charge in [0.2, 0.25) is 0 Å². The number of amidine groups is 1. The molecule has 1 rings (SSSR count). The van der Waals surface area contributed by atoms with Crippen molar-refractivity contribution in [2.75, 3.05) is 0 Å². The lowest BCUT2D eigenvalue weighted by atomic mass is 10.3. The standard InChI is InChI=1S/C8H9N3O2/c12-9-6-8(11-13)10-7-4-2-1-3-5-7/h1-6,12-13H,(H,10,11)/b9-6+. The van der Waals surface area contributed by atoms with Crippen molar-refractivity contribution < 1.29 is 10.4 Å². The highest BCUT2D eigenvalue weighted by Crippen LogP contribution is 2.08. The Kier molecular flexibility index (Phi) is 3.46. The molecule has 0 aliphatic carbocycles. The Morgan fingerprint density at radius 2 is 2.00 bits per heavy atom. The lowest BCUT2D eigenvalue weighted by Gasteiger charge is -1.96. The fourth-order valence-corrected chi connectivity index (χ4v) is 0.779. The van der Waals surface area contributed by atoms with Gasteiger partial charge in [-0.15, -0.1) is 0 Å². The van der Waals surface area contributed by atoms with Crippen molar-refractivity contribution in [2.45, 2.75) is 0 Å². The molecule has 3 N–H and O–H groups in total. The summed E-state index contributed by atoms with van der Waals surface area (Å²) in [7, 11) is 0. The summed E-state index contributed by atoms with van der Waals surface area (Å²) in [5.41, 5.74) is 2.44. The van der Waals surface area contributed by atoms with Gasteiger partial charge in [0.25, 0.3) is 0 Å². The molecule has 0 bridgehead atoms. The van der Waals surface area contributed by atoms with Crippen molar-refractivity contribution in [3.05, 3.63) is 30.3 Å². The number of aliphatic imine (C=N–C) groups is 1. The van der Waals surface area contributed by atoms with Crippen LogP contribution in [0, 0.1) is 0 Å². The second kappa shape index (κ2) is 4.89. The van der Waals surface area contributed by atoms with Gasteiger partial charge in [-0.25, -0.2) is 4.99 Å². The Bertz CT molecular complexity index is 308. The molecule has 0 saturated carbocycles. The summed E-state index contributed by atoms with van der Waals surface area (Å²) in [5.74, 6) is 0.0636. The van der Waals surface area contributed by atoms with Crippen molar-refractivity contribution in [3.8, 4) is 0 Å². The number of hydrogen-bond donors (Lipinski definition) is 3. The van der Waals surface area contributed by atoms with Gasteiger partial charge in [-0.05, 0) is 12.1 Å². The van der Waals surface area contributed by atoms with E-state index in [-0.39, 0.29) is 5.84 Å². The number of para-hydroxylation sites is 1. The first kappa shape index (κ1) is 9.21. The predicted molar refractivity (Wildman–Crippen MR) is 48.7 cm³/mol. The minimum atomic E-state index is 0.0636. The zero-order valence-corrected chi connectivity index (χ0v) is 6.75. The molecule has 0 aliphatic heterocycles. The first-order valence-electron chi connectivity index (χ1n) is 3.58. The SMILES string of the molecule is O/N=C/C(=Nc1ccccc1)NO. The largest absolute Gasteiger partial charge is 0.411 e. The fourth-order valence-electron chi connectivity index (χ4n) is 0.779. The van der Waals surface area contributed by atoms with E-state index in [0.717, 1.165) is 6.21 Å². The first-order valence-corrected chi connectivity index (χ1v) is 3.58. The van der Waals surface area contributed by atoms with Crippen LogP contribution in [0.2, 0.25) is 0 Å². The second-order valence-electron chi connectivity index (χ2n) is 2.19. The smallest absolute Gasteiger partial charge is 0.172 e. The third-order valence-electron chi connectivity index (χ3n) is 1.30. The van der Waals surface area contributed by atoms with E-state index < -0.39 is 0 Å². The van der Waals surface area contributed by atoms with Gasteiger partial charge in [-0.3, -0.25) is 10.7 Å². The summed E-state index contributed by atoms with van der Waals surface area (Å²) in [5, 5.41) is 19.4. The fraction of sp³-hybridized carbons (Fsp3) is 0. The molecular weight excluding hydrogens is 170 g/mol. The summed E-state index contributed by atoms with van der Waals surface area (Å²) in [6, 6.07) is 8.98. The zero-order valence-electron chi connectivity index (χ0n) is 6.75. The van der Waals surface area contributed by atoms with Crippen LogP contribution >= 0.6 is 0 Å². The summed E-state index contributed by atoms with van der Waals surface area (Å²) in [4.78, 5) is 3.91. The van der Waals surface area contributed by atoms with Crippen molar-refractivity contribution in [3.63, 3.8) is 0 Å². The van der Waals surface area contributed by atoms with Gasteiger partial charge in [0.15, 0.2) is 5.84 Å². The molecule has 0 fully saturated rings. The van der Waals surface area contributed by atoms with Gasteiger partial charge in [0, 0.05) is 0 Å². The topological polar surface area (TPSA) is 77.2 Å². The third kappa shape index (κ3) is 2.92. The molecule has 0 aliphatic rings. The molecule has 5 nitrogen and oxygen atoms in total. The highest BCUT2D eigenvalue weighted by Gasteiger charge is 1.92. The number of hydroxylamine groups is 1. The Morgan fingerprint density at radius 3 is 2.54 bits per heavy atom. The minimum Gasteiger partial charge on any atom is -0.411 e. The number of hydrogen-bond acceptors (Lipinski definition) is 4. The van der Waals surface area contributed by atoms with E-state index in [0.29, 0.717) is 5.69 Å². The van der Waals surface area contributed by atoms with E-state index in [1.54, 1.807) is 17.6 Å². The molecule has 0 aromatic heterocycles. The van der Waals surface area contributed by atoms with E-state index >= 15 is 0 Å². The van der Waals surface area contributed by atoms with Crippen LogP contribution in [0.15, 0.2) is 40.5 Å². The van der Waals surface area contributed by atoms with E-state index in [2.05, 4.69) is 10.1 Å². The molecule has 0 saturated heterocycles. The van der Waals surface area contributed by atoms with E-state index in [1.807, 2.05) is 18.2 Å². The van der Waals surface area contributed by atoms with Crippen molar-refractivity contribution >= 4 is 17.7 Å². The molecule has 5 heteroatoms. The number of nitrogens with one attached hydrogen (secondary N) is 1. The van der Waals surface area contributed by atoms with Crippen LogP contribution in [-0.4, -0.2) is 22.5 Å². The average molecular weight is 179 g/mol. The Labute approximate surface area is 75.0 Å². The molecule has 0 unspecified atom stereocenters. The Morgan fingerprint density at radius 1 is 1.31 bits per heavy atom. The molecular formula is C8H9N3O2. The molecule has 68 valence electrons. The molecule has 1 aromatic rings. The summed E-state index contributed by atoms with van der Waals surface area (Å²) in [6.07, 6.45) is 0.993. The average Bonchev–Trinajstić information content (AvgIpc) is 2.19. The Hall–Kier alpha value is -1.88. The van der Waals surface area contributed by atoms with Gasteiger partial charge < -0.3 is 5.21 Å². The molecule has 0 amide bonds. The van der Waals surface area contributed by atoms with Crippen molar-refractivity contribution in [1.82, 2.24) is 5.48 Å². The highest BCUT2D eigenvalue weighted by molar-refractivity contribution is 6.29. The van der Waals surface area contributed by atoms with Crippen LogP contribution in [0.5, 0.6) is 0 Å². The van der Waals surface area contributed by atoms with Crippen molar-refractivity contribution in [1.29, 1.82) is 0 Å². The number of nitrogens with zero attached hydrogens (tertiary/aromatic N) is 2. The van der Waals surface area contributed by atoms with Gasteiger partial charge >= 0.3 is 0 Å². The molecule has 0 radical (unpaired) electrons. The summed E-state index contributed by atoms with van der Waals surface area (Å²) >= 11 is 0. The quantitative estimate of drug-likeness (QED) is 0.276. The van der Waals surface area contributed by atoms with Gasteiger partial charge in [0.1, 0.15) is 6.21 Å².